The number of rotatable bonds is 3. The van der Waals surface area contributed by atoms with Crippen molar-refractivity contribution in [3.63, 3.8) is 0 Å². The molecule has 0 aliphatic carbocycles. The number of anilines is 2. The molecule has 19 heavy (non-hydrogen) atoms. The molecule has 5 nitrogen and oxygen atoms in total. The number of hydrogen-bond donors (Lipinski definition) is 2. The molecule has 1 aromatic rings. The fourth-order valence-electron chi connectivity index (χ4n) is 2.32. The summed E-state index contributed by atoms with van der Waals surface area (Å²) in [6, 6.07) is 5.86. The molecule has 1 heterocycles. The molecule has 1 aliphatic rings. The average molecular weight is 263 g/mol. The van der Waals surface area contributed by atoms with E-state index < -0.39 is 5.97 Å². The van der Waals surface area contributed by atoms with E-state index in [4.69, 9.17) is 10.5 Å². The standard InChI is InChI=1S/C14H21N3O2/c1-17-7-5-10(6-8-17)16-11-3-4-13(15)12(9-11)14(18)19-2/h3-4,9-10,16H,5-8,15H2,1-2H3. The van der Waals surface area contributed by atoms with Crippen molar-refractivity contribution >= 4 is 17.3 Å². The van der Waals surface area contributed by atoms with Crippen molar-refractivity contribution in [1.82, 2.24) is 4.90 Å². The van der Waals surface area contributed by atoms with Crippen molar-refractivity contribution in [3.8, 4) is 0 Å². The number of likely N-dealkylation sites (tertiary alicyclic amines) is 1. The molecule has 1 aliphatic heterocycles. The molecular formula is C14H21N3O2. The van der Waals surface area contributed by atoms with Crippen LogP contribution in [-0.2, 0) is 4.74 Å². The lowest BCUT2D eigenvalue weighted by atomic mass is 10.0. The van der Waals surface area contributed by atoms with Gasteiger partial charge in [-0.3, -0.25) is 0 Å². The first-order valence-electron chi connectivity index (χ1n) is 6.53. The number of nitrogen functional groups attached to an aromatic ring is 1. The van der Waals surface area contributed by atoms with Crippen molar-refractivity contribution in [2.24, 2.45) is 0 Å². The second-order valence-electron chi connectivity index (χ2n) is 5.02. The maximum absolute atomic E-state index is 11.6. The lowest BCUT2D eigenvalue weighted by molar-refractivity contribution is 0.0602. The first-order chi connectivity index (χ1) is 9.10. The molecular weight excluding hydrogens is 242 g/mol. The number of nitrogens with zero attached hydrogens (tertiary/aromatic N) is 1. The molecule has 0 atom stereocenters. The topological polar surface area (TPSA) is 67.6 Å². The summed E-state index contributed by atoms with van der Waals surface area (Å²) in [6.45, 7) is 2.19. The van der Waals surface area contributed by atoms with Gasteiger partial charge in [-0.25, -0.2) is 4.79 Å². The van der Waals surface area contributed by atoms with Gasteiger partial charge in [0.05, 0.1) is 12.7 Å². The van der Waals surface area contributed by atoms with Crippen LogP contribution >= 0.6 is 0 Å². The third-order valence-electron chi connectivity index (χ3n) is 3.55. The van der Waals surface area contributed by atoms with E-state index in [-0.39, 0.29) is 0 Å². The van der Waals surface area contributed by atoms with Gasteiger partial charge in [-0.1, -0.05) is 0 Å². The summed E-state index contributed by atoms with van der Waals surface area (Å²) < 4.78 is 4.72. The van der Waals surface area contributed by atoms with Crippen LogP contribution in [0, 0.1) is 0 Å². The predicted molar refractivity (Wildman–Crippen MR) is 76.3 cm³/mol. The maximum Gasteiger partial charge on any atom is 0.340 e. The zero-order valence-electron chi connectivity index (χ0n) is 11.5. The van der Waals surface area contributed by atoms with Gasteiger partial charge < -0.3 is 20.7 Å². The minimum Gasteiger partial charge on any atom is -0.465 e. The quantitative estimate of drug-likeness (QED) is 0.640. The highest BCUT2D eigenvalue weighted by Gasteiger charge is 2.17. The Morgan fingerprint density at radius 1 is 1.42 bits per heavy atom. The molecule has 0 bridgehead atoms. The summed E-state index contributed by atoms with van der Waals surface area (Å²) >= 11 is 0. The number of nitrogens with two attached hydrogens (primary N) is 1. The Balaban J connectivity index is 2.06. The second kappa shape index (κ2) is 5.93. The number of ether oxygens (including phenoxy) is 1. The monoisotopic (exact) mass is 263 g/mol. The molecule has 104 valence electrons. The Kier molecular flexibility index (Phi) is 4.27. The van der Waals surface area contributed by atoms with E-state index >= 15 is 0 Å². The normalized spacial score (nSPS) is 17.2. The first-order valence-corrected chi connectivity index (χ1v) is 6.53. The van der Waals surface area contributed by atoms with Gasteiger partial charge in [0.25, 0.3) is 0 Å². The molecule has 0 spiro atoms. The molecule has 0 amide bonds. The van der Waals surface area contributed by atoms with Gasteiger partial charge in [0.1, 0.15) is 0 Å². The van der Waals surface area contributed by atoms with E-state index in [1.807, 2.05) is 6.07 Å². The summed E-state index contributed by atoms with van der Waals surface area (Å²) in [7, 11) is 3.49. The first kappa shape index (κ1) is 13.7. The van der Waals surface area contributed by atoms with Crippen LogP contribution in [0.2, 0.25) is 0 Å². The highest BCUT2D eigenvalue weighted by atomic mass is 16.5. The fraction of sp³-hybridized carbons (Fsp3) is 0.500. The molecule has 3 N–H and O–H groups in total. The van der Waals surface area contributed by atoms with Crippen molar-refractivity contribution < 1.29 is 9.53 Å². The lowest BCUT2D eigenvalue weighted by Gasteiger charge is -2.30. The third-order valence-corrected chi connectivity index (χ3v) is 3.55. The van der Waals surface area contributed by atoms with Crippen molar-refractivity contribution in [3.05, 3.63) is 23.8 Å². The predicted octanol–water partition coefficient (Wildman–Crippen LogP) is 1.56. The van der Waals surface area contributed by atoms with Gasteiger partial charge in [0, 0.05) is 17.4 Å². The van der Waals surface area contributed by atoms with Crippen LogP contribution in [0.5, 0.6) is 0 Å². The summed E-state index contributed by atoms with van der Waals surface area (Å²) in [6.07, 6.45) is 2.21. The largest absolute Gasteiger partial charge is 0.465 e. The Hall–Kier alpha value is -1.75. The van der Waals surface area contributed by atoms with Crippen molar-refractivity contribution in [2.45, 2.75) is 18.9 Å². The minimum atomic E-state index is -0.399. The summed E-state index contributed by atoms with van der Waals surface area (Å²) in [5.74, 6) is -0.399. The van der Waals surface area contributed by atoms with E-state index in [9.17, 15) is 4.79 Å². The van der Waals surface area contributed by atoms with Crippen LogP contribution in [-0.4, -0.2) is 44.2 Å². The lowest BCUT2D eigenvalue weighted by Crippen LogP contribution is -2.36. The highest BCUT2D eigenvalue weighted by Crippen LogP contribution is 2.21. The van der Waals surface area contributed by atoms with Crippen LogP contribution in [0.15, 0.2) is 18.2 Å². The molecule has 5 heteroatoms. The highest BCUT2D eigenvalue weighted by molar-refractivity contribution is 5.96. The van der Waals surface area contributed by atoms with Crippen LogP contribution in [0.3, 0.4) is 0 Å². The van der Waals surface area contributed by atoms with Gasteiger partial charge >= 0.3 is 5.97 Å². The SMILES string of the molecule is COC(=O)c1cc(NC2CCN(C)CC2)ccc1N. The van der Waals surface area contributed by atoms with Gasteiger partial charge in [-0.2, -0.15) is 0 Å². The second-order valence-corrected chi connectivity index (χ2v) is 5.02. The van der Waals surface area contributed by atoms with E-state index in [0.717, 1.165) is 31.6 Å². The van der Waals surface area contributed by atoms with Gasteiger partial charge in [-0.15, -0.1) is 0 Å². The van der Waals surface area contributed by atoms with Crippen molar-refractivity contribution in [2.75, 3.05) is 38.3 Å². The van der Waals surface area contributed by atoms with E-state index in [2.05, 4.69) is 17.3 Å². The molecule has 2 rings (SSSR count). The number of hydrogen-bond acceptors (Lipinski definition) is 5. The smallest absolute Gasteiger partial charge is 0.340 e. The summed E-state index contributed by atoms with van der Waals surface area (Å²) in [4.78, 5) is 13.9. The third kappa shape index (κ3) is 3.38. The van der Waals surface area contributed by atoms with E-state index in [0.29, 0.717) is 17.3 Å². The minimum absolute atomic E-state index is 0.399. The molecule has 0 aromatic heterocycles. The fourth-order valence-corrected chi connectivity index (χ4v) is 2.32. The Labute approximate surface area is 113 Å². The van der Waals surface area contributed by atoms with Crippen LogP contribution in [0.1, 0.15) is 23.2 Å². The molecule has 0 radical (unpaired) electrons. The number of piperidine rings is 1. The van der Waals surface area contributed by atoms with Crippen molar-refractivity contribution in [1.29, 1.82) is 0 Å². The summed E-state index contributed by atoms with van der Waals surface area (Å²) in [5.41, 5.74) is 7.56. The molecule has 0 unspecified atom stereocenters. The van der Waals surface area contributed by atoms with Gasteiger partial charge in [0.2, 0.25) is 0 Å². The Bertz CT molecular complexity index is 454. The maximum atomic E-state index is 11.6. The van der Waals surface area contributed by atoms with Crippen LogP contribution in [0.4, 0.5) is 11.4 Å². The number of methoxy groups -OCH3 is 1. The van der Waals surface area contributed by atoms with Crippen LogP contribution < -0.4 is 11.1 Å². The number of nitrogens with one attached hydrogen (secondary N) is 1. The van der Waals surface area contributed by atoms with Gasteiger partial charge in [0.15, 0.2) is 0 Å². The zero-order valence-corrected chi connectivity index (χ0v) is 11.5. The molecule has 1 aromatic carbocycles. The Morgan fingerprint density at radius 2 is 2.11 bits per heavy atom. The average Bonchev–Trinajstić information content (AvgIpc) is 2.42. The Morgan fingerprint density at radius 3 is 2.74 bits per heavy atom. The van der Waals surface area contributed by atoms with E-state index in [1.54, 1.807) is 12.1 Å². The number of carbonyl (C=O) groups is 1. The summed E-state index contributed by atoms with van der Waals surface area (Å²) in [5, 5.41) is 3.46. The molecule has 1 fully saturated rings. The zero-order chi connectivity index (χ0) is 13.8. The molecule has 1 saturated heterocycles. The molecule has 0 saturated carbocycles. The van der Waals surface area contributed by atoms with Crippen LogP contribution in [0.25, 0.3) is 0 Å². The van der Waals surface area contributed by atoms with E-state index in [1.165, 1.54) is 7.11 Å². The number of carbonyl (C=O) groups excluding carboxylic acids is 1. The van der Waals surface area contributed by atoms with Gasteiger partial charge in [-0.05, 0) is 51.2 Å². The number of esters is 1. The number of benzene rings is 1.